The predicted octanol–water partition coefficient (Wildman–Crippen LogP) is 4.86. The highest BCUT2D eigenvalue weighted by atomic mass is 32.2. The number of carbonyl (C=O) groups excluding carboxylic acids is 2. The summed E-state index contributed by atoms with van der Waals surface area (Å²) >= 11 is 3.17. The maximum Gasteiger partial charge on any atom is 0.372 e. The number of nitrogens with zero attached hydrogens (tertiary/aromatic N) is 4. The number of amides is 1. The van der Waals surface area contributed by atoms with E-state index in [0.29, 0.717) is 17.7 Å². The number of para-hydroxylation sites is 2. The first-order chi connectivity index (χ1) is 24.9. The van der Waals surface area contributed by atoms with Gasteiger partial charge in [0.25, 0.3) is 5.69 Å². The molecule has 4 aromatic rings. The number of rotatable bonds is 14. The number of aliphatic hydroxyl groups excluding tert-OH is 1. The average molecular weight is 769 g/mol. The fourth-order valence-corrected chi connectivity index (χ4v) is 8.40. The summed E-state index contributed by atoms with van der Waals surface area (Å²) in [6.07, 6.45) is 5.72. The van der Waals surface area contributed by atoms with E-state index in [1.165, 1.54) is 40.9 Å². The monoisotopic (exact) mass is 768 g/mol. The van der Waals surface area contributed by atoms with Gasteiger partial charge in [-0.1, -0.05) is 36.4 Å². The van der Waals surface area contributed by atoms with Crippen LogP contribution in [0.2, 0.25) is 0 Å². The number of aryl methyl sites for hydroxylation is 2. The van der Waals surface area contributed by atoms with E-state index in [1.807, 2.05) is 30.3 Å². The molecule has 0 bridgehead atoms. The molecule has 3 heterocycles. The highest BCUT2D eigenvalue weighted by molar-refractivity contribution is 8.03. The van der Waals surface area contributed by atoms with Crippen LogP contribution in [0.4, 0.5) is 5.69 Å². The maximum atomic E-state index is 13.1. The highest BCUT2D eigenvalue weighted by Crippen LogP contribution is 2.47. The molecule has 0 radical (unpaired) electrons. The molecule has 52 heavy (non-hydrogen) atoms. The molecule has 1 amide bonds. The minimum absolute atomic E-state index is 0.0450. The fraction of sp³-hybridized carbons (Fsp3) is 0.286. The molecule has 1 N–H and O–H groups in total. The van der Waals surface area contributed by atoms with Crippen molar-refractivity contribution in [1.29, 1.82) is 0 Å². The molecule has 2 aliphatic rings. The van der Waals surface area contributed by atoms with Crippen molar-refractivity contribution in [2.45, 2.75) is 43.8 Å². The van der Waals surface area contributed by atoms with Crippen molar-refractivity contribution >= 4 is 48.9 Å². The van der Waals surface area contributed by atoms with Crippen LogP contribution in [-0.2, 0) is 39.1 Å². The van der Waals surface area contributed by atoms with E-state index in [0.717, 1.165) is 16.6 Å². The van der Waals surface area contributed by atoms with E-state index in [2.05, 4.69) is 4.57 Å². The molecule has 3 aromatic carbocycles. The number of phosphoric ester groups is 1. The quantitative estimate of drug-likeness (QED) is 0.0351. The molecule has 1 fully saturated rings. The Kier molecular flexibility index (Phi) is 12.8. The van der Waals surface area contributed by atoms with Crippen LogP contribution in [0.3, 0.4) is 0 Å². The number of non-ortho nitro benzene ring substituents is 1. The highest BCUT2D eigenvalue weighted by Gasteiger charge is 2.57. The van der Waals surface area contributed by atoms with Gasteiger partial charge in [-0.15, -0.1) is 11.8 Å². The molecule has 0 spiro atoms. The normalized spacial score (nSPS) is 17.0. The Bertz CT molecular complexity index is 1910. The Morgan fingerprint density at radius 2 is 1.65 bits per heavy atom. The van der Waals surface area contributed by atoms with Gasteiger partial charge in [0.2, 0.25) is 5.91 Å². The van der Waals surface area contributed by atoms with Crippen molar-refractivity contribution in [2.75, 3.05) is 12.0 Å². The van der Waals surface area contributed by atoms with Crippen LogP contribution < -0.4 is 18.5 Å². The number of thioether (sulfide) groups is 2. The summed E-state index contributed by atoms with van der Waals surface area (Å²) in [6.45, 7) is 2.25. The molecular weight excluding hydrogens is 732 g/mol. The van der Waals surface area contributed by atoms with Gasteiger partial charge in [-0.25, -0.2) is 18.5 Å². The molecule has 17 heteroatoms. The number of carbonyl (C=O) groups is 2. The third kappa shape index (κ3) is 9.43. The van der Waals surface area contributed by atoms with Crippen molar-refractivity contribution in [3.8, 4) is 11.5 Å². The second kappa shape index (κ2) is 17.3. The molecule has 0 aliphatic carbocycles. The fourth-order valence-electron chi connectivity index (χ4n) is 5.73. The SMILES string of the molecule is CSc1n(CCSC2=C(C(=O)OCc3ccc([N+](=O)[O-])cc3)N3C(=O)[C@H]([C@@H](C)O)[C@H]3C2)cc[n+]1C.O=P([O-])(Oc1ccccc1)Oc1ccccc1. The van der Waals surface area contributed by atoms with Crippen LogP contribution in [0.1, 0.15) is 18.9 Å². The number of phosphoric acid groups is 1. The smallest absolute Gasteiger partial charge is 0.372 e. The van der Waals surface area contributed by atoms with E-state index in [9.17, 15) is 34.3 Å². The van der Waals surface area contributed by atoms with Crippen molar-refractivity contribution in [3.05, 3.63) is 124 Å². The van der Waals surface area contributed by atoms with E-state index in [4.69, 9.17) is 13.8 Å². The van der Waals surface area contributed by atoms with Crippen LogP contribution in [0.15, 0.2) is 113 Å². The second-order valence-corrected chi connectivity index (χ2v) is 14.9. The van der Waals surface area contributed by atoms with Gasteiger partial charge in [-0.3, -0.25) is 14.9 Å². The Balaban J connectivity index is 0.000000257. The van der Waals surface area contributed by atoms with Crippen LogP contribution in [0, 0.1) is 16.0 Å². The molecule has 14 nitrogen and oxygen atoms in total. The van der Waals surface area contributed by atoms with Crippen LogP contribution in [-0.4, -0.2) is 55.5 Å². The summed E-state index contributed by atoms with van der Waals surface area (Å²) in [5, 5.41) is 22.0. The minimum atomic E-state index is -4.39. The first-order valence-corrected chi connectivity index (χ1v) is 19.7. The summed E-state index contributed by atoms with van der Waals surface area (Å²) in [6, 6.07) is 21.9. The number of aliphatic hydroxyl groups is 1. The van der Waals surface area contributed by atoms with Crippen LogP contribution >= 0.6 is 31.3 Å². The lowest BCUT2D eigenvalue weighted by atomic mass is 9.83. The number of fused-ring (bicyclic) bond motifs is 1. The predicted molar refractivity (Wildman–Crippen MR) is 192 cm³/mol. The van der Waals surface area contributed by atoms with E-state index in [1.54, 1.807) is 79.3 Å². The lowest BCUT2D eigenvalue weighted by Crippen LogP contribution is -2.61. The van der Waals surface area contributed by atoms with Crippen molar-refractivity contribution in [1.82, 2.24) is 9.47 Å². The molecular formula is C35H37N4O10PS2. The van der Waals surface area contributed by atoms with E-state index < -0.39 is 30.7 Å². The average Bonchev–Trinajstić information content (AvgIpc) is 3.64. The third-order valence-electron chi connectivity index (χ3n) is 8.13. The van der Waals surface area contributed by atoms with Crippen molar-refractivity contribution in [2.24, 2.45) is 13.0 Å². The Hall–Kier alpha value is -4.60. The molecule has 2 aliphatic heterocycles. The number of aromatic nitrogens is 2. The van der Waals surface area contributed by atoms with Crippen LogP contribution in [0.5, 0.6) is 11.5 Å². The second-order valence-electron chi connectivity index (χ2n) is 11.7. The van der Waals surface area contributed by atoms with E-state index in [-0.39, 0.29) is 41.4 Å². The summed E-state index contributed by atoms with van der Waals surface area (Å²) in [7, 11) is -2.40. The first-order valence-electron chi connectivity index (χ1n) is 16.0. The number of nitro groups is 1. The molecule has 0 unspecified atom stereocenters. The van der Waals surface area contributed by atoms with E-state index >= 15 is 0 Å². The van der Waals surface area contributed by atoms with Gasteiger partial charge in [0.05, 0.1) is 30.0 Å². The van der Waals surface area contributed by atoms with Crippen molar-refractivity contribution < 1.29 is 47.4 Å². The Labute approximate surface area is 308 Å². The van der Waals surface area contributed by atoms with Gasteiger partial charge >= 0.3 is 18.9 Å². The number of β-lactam (4-membered cyclic amide) rings is 1. The van der Waals surface area contributed by atoms with Gasteiger partial charge in [-0.05, 0) is 66.9 Å². The zero-order chi connectivity index (χ0) is 37.4. The summed E-state index contributed by atoms with van der Waals surface area (Å²) in [4.78, 5) is 50.0. The lowest BCUT2D eigenvalue weighted by Gasteiger charge is -2.44. The minimum Gasteiger partial charge on any atom is -0.736 e. The molecule has 1 aromatic heterocycles. The Morgan fingerprint density at radius 3 is 2.19 bits per heavy atom. The standard InChI is InChI=1S/C23H27N4O6S2.C12H11O4P/c1-14(28)19-17-12-18(35-11-10-25-9-8-24(2)23(25)34-3)20(26(17)21(19)29)22(30)33-13-15-4-6-16(7-5-15)27(31)32;13-17(14,15-11-7-3-1-4-8-11)16-12-9-5-2-6-10-12/h4-9,14,17,19,28H,10-13H2,1-3H3;1-10H,(H,13,14)/q+1;/p-1/t14-,17-,19-;/m1./s1. The number of hydrogen-bond acceptors (Lipinski definition) is 12. The molecule has 3 atom stereocenters. The number of esters is 1. The molecule has 6 rings (SSSR count). The van der Waals surface area contributed by atoms with Crippen LogP contribution in [0.25, 0.3) is 0 Å². The number of benzene rings is 3. The number of nitro benzene ring substituents is 1. The molecule has 0 saturated carbocycles. The maximum absolute atomic E-state index is 13.1. The summed E-state index contributed by atoms with van der Waals surface area (Å²) in [5.74, 6) is -0.265. The number of ether oxygens (including phenoxy) is 1. The summed E-state index contributed by atoms with van der Waals surface area (Å²) < 4.78 is 30.8. The zero-order valence-corrected chi connectivity index (χ0v) is 31.0. The van der Waals surface area contributed by atoms with Gasteiger partial charge in [0, 0.05) is 29.2 Å². The Morgan fingerprint density at radius 1 is 1.06 bits per heavy atom. The third-order valence-corrected chi connectivity index (χ3v) is 11.0. The van der Waals surface area contributed by atoms with Gasteiger partial charge in [0.15, 0.2) is 0 Å². The van der Waals surface area contributed by atoms with Gasteiger partial charge < -0.3 is 28.7 Å². The topological polar surface area (TPSA) is 177 Å². The lowest BCUT2D eigenvalue weighted by molar-refractivity contribution is -0.709. The largest absolute Gasteiger partial charge is 0.736 e. The van der Waals surface area contributed by atoms with Crippen molar-refractivity contribution in [3.63, 3.8) is 0 Å². The first kappa shape index (κ1) is 38.6. The van der Waals surface area contributed by atoms with Gasteiger partial charge in [0.1, 0.15) is 42.7 Å². The number of imidazole rings is 1. The molecule has 274 valence electrons. The van der Waals surface area contributed by atoms with Gasteiger partial charge in [-0.2, -0.15) is 0 Å². The zero-order valence-electron chi connectivity index (χ0n) is 28.5. The number of hydrogen-bond donors (Lipinski definition) is 1. The molecule has 1 saturated heterocycles. The summed E-state index contributed by atoms with van der Waals surface area (Å²) in [5.41, 5.74) is 0.804.